The topological polar surface area (TPSA) is 21.3 Å². The third-order valence-corrected chi connectivity index (χ3v) is 3.75. The summed E-state index contributed by atoms with van der Waals surface area (Å²) < 4.78 is 5.97. The molecule has 23 heavy (non-hydrogen) atoms. The van der Waals surface area contributed by atoms with Crippen molar-refractivity contribution in [3.63, 3.8) is 0 Å². The molecule has 1 N–H and O–H groups in total. The standard InChI is InChI=1S/C20H18ClNO/c21-18-11-12-20(23-15-16-7-3-1-4-8-16)17(13-18)14-22-19-9-5-2-6-10-19/h1-13,22H,14-15H2. The van der Waals surface area contributed by atoms with E-state index in [1.807, 2.05) is 66.7 Å². The van der Waals surface area contributed by atoms with Crippen molar-refractivity contribution in [2.75, 3.05) is 5.32 Å². The lowest BCUT2D eigenvalue weighted by Crippen LogP contribution is -2.03. The number of benzene rings is 3. The fraction of sp³-hybridized carbons (Fsp3) is 0.100. The molecule has 3 aromatic rings. The summed E-state index contributed by atoms with van der Waals surface area (Å²) in [6, 6.07) is 25.9. The largest absolute Gasteiger partial charge is 0.489 e. The molecule has 0 bridgehead atoms. The molecule has 0 spiro atoms. The van der Waals surface area contributed by atoms with E-state index in [1.54, 1.807) is 0 Å². The number of nitrogens with one attached hydrogen (secondary N) is 1. The number of anilines is 1. The molecular formula is C20H18ClNO. The van der Waals surface area contributed by atoms with E-state index in [9.17, 15) is 0 Å². The van der Waals surface area contributed by atoms with Gasteiger partial charge in [-0.25, -0.2) is 0 Å². The lowest BCUT2D eigenvalue weighted by Gasteiger charge is -2.13. The SMILES string of the molecule is Clc1ccc(OCc2ccccc2)c(CNc2ccccc2)c1. The normalized spacial score (nSPS) is 10.3. The van der Waals surface area contributed by atoms with Gasteiger partial charge in [0.2, 0.25) is 0 Å². The van der Waals surface area contributed by atoms with Crippen LogP contribution < -0.4 is 10.1 Å². The summed E-state index contributed by atoms with van der Waals surface area (Å²) in [5.41, 5.74) is 3.25. The van der Waals surface area contributed by atoms with Crippen LogP contribution in [0.25, 0.3) is 0 Å². The van der Waals surface area contributed by atoms with Gasteiger partial charge in [-0.3, -0.25) is 0 Å². The number of rotatable bonds is 6. The molecule has 0 aromatic heterocycles. The quantitative estimate of drug-likeness (QED) is 0.644. The maximum Gasteiger partial charge on any atom is 0.124 e. The first-order valence-corrected chi connectivity index (χ1v) is 7.93. The predicted octanol–water partition coefficient (Wildman–Crippen LogP) is 5.53. The fourth-order valence-electron chi connectivity index (χ4n) is 2.32. The Labute approximate surface area is 141 Å². The van der Waals surface area contributed by atoms with Gasteiger partial charge in [0, 0.05) is 22.8 Å². The van der Waals surface area contributed by atoms with Crippen molar-refractivity contribution in [3.8, 4) is 5.75 Å². The molecule has 0 atom stereocenters. The molecule has 3 rings (SSSR count). The summed E-state index contributed by atoms with van der Waals surface area (Å²) in [6.07, 6.45) is 0. The highest BCUT2D eigenvalue weighted by Gasteiger charge is 2.05. The van der Waals surface area contributed by atoms with Crippen molar-refractivity contribution in [2.24, 2.45) is 0 Å². The van der Waals surface area contributed by atoms with Gasteiger partial charge in [0.15, 0.2) is 0 Å². The van der Waals surface area contributed by atoms with E-state index in [2.05, 4.69) is 17.4 Å². The summed E-state index contributed by atoms with van der Waals surface area (Å²) in [4.78, 5) is 0. The van der Waals surface area contributed by atoms with Crippen molar-refractivity contribution in [1.82, 2.24) is 0 Å². The second-order valence-corrected chi connectivity index (χ2v) is 5.68. The first kappa shape index (κ1) is 15.4. The molecule has 2 nitrogen and oxygen atoms in total. The molecule has 0 amide bonds. The second-order valence-electron chi connectivity index (χ2n) is 5.25. The maximum absolute atomic E-state index is 6.13. The van der Waals surface area contributed by atoms with Gasteiger partial charge < -0.3 is 10.1 Å². The number of halogens is 1. The molecule has 0 fully saturated rings. The van der Waals surface area contributed by atoms with Gasteiger partial charge in [-0.05, 0) is 35.9 Å². The van der Waals surface area contributed by atoms with Crippen LogP contribution in [0.15, 0.2) is 78.9 Å². The van der Waals surface area contributed by atoms with Crippen LogP contribution in [-0.4, -0.2) is 0 Å². The van der Waals surface area contributed by atoms with Gasteiger partial charge in [0.05, 0.1) is 0 Å². The third-order valence-electron chi connectivity index (χ3n) is 3.52. The van der Waals surface area contributed by atoms with Crippen molar-refractivity contribution >= 4 is 17.3 Å². The van der Waals surface area contributed by atoms with Crippen LogP contribution in [0.4, 0.5) is 5.69 Å². The van der Waals surface area contributed by atoms with E-state index in [4.69, 9.17) is 16.3 Å². The Hall–Kier alpha value is -2.45. The molecule has 0 saturated heterocycles. The van der Waals surface area contributed by atoms with Crippen molar-refractivity contribution in [3.05, 3.63) is 95.0 Å². The van der Waals surface area contributed by atoms with Crippen LogP contribution in [0.5, 0.6) is 5.75 Å². The molecule has 0 aliphatic heterocycles. The van der Waals surface area contributed by atoms with Gasteiger partial charge in [-0.2, -0.15) is 0 Å². The van der Waals surface area contributed by atoms with Crippen LogP contribution in [0.1, 0.15) is 11.1 Å². The zero-order valence-corrected chi connectivity index (χ0v) is 13.5. The molecular weight excluding hydrogens is 306 g/mol. The molecule has 3 heteroatoms. The first-order valence-electron chi connectivity index (χ1n) is 7.55. The number of hydrogen-bond acceptors (Lipinski definition) is 2. The van der Waals surface area contributed by atoms with E-state index in [-0.39, 0.29) is 0 Å². The van der Waals surface area contributed by atoms with E-state index in [1.165, 1.54) is 0 Å². The van der Waals surface area contributed by atoms with Gasteiger partial charge in [-0.15, -0.1) is 0 Å². The summed E-state index contributed by atoms with van der Waals surface area (Å²) in [5.74, 6) is 0.849. The molecule has 0 saturated carbocycles. The Morgan fingerprint density at radius 3 is 2.26 bits per heavy atom. The van der Waals surface area contributed by atoms with Crippen molar-refractivity contribution < 1.29 is 4.74 Å². The van der Waals surface area contributed by atoms with E-state index < -0.39 is 0 Å². The van der Waals surface area contributed by atoms with Crippen molar-refractivity contribution in [1.29, 1.82) is 0 Å². The second kappa shape index (κ2) is 7.70. The summed E-state index contributed by atoms with van der Waals surface area (Å²) in [5, 5.41) is 4.10. The molecule has 116 valence electrons. The zero-order chi connectivity index (χ0) is 15.9. The van der Waals surface area contributed by atoms with Crippen LogP contribution in [0.2, 0.25) is 5.02 Å². The molecule has 0 aliphatic rings. The Kier molecular flexibility index (Phi) is 5.17. The Morgan fingerprint density at radius 2 is 1.52 bits per heavy atom. The van der Waals surface area contributed by atoms with Gasteiger partial charge in [-0.1, -0.05) is 60.1 Å². The van der Waals surface area contributed by atoms with Gasteiger partial charge >= 0.3 is 0 Å². The zero-order valence-electron chi connectivity index (χ0n) is 12.7. The van der Waals surface area contributed by atoms with E-state index in [0.717, 1.165) is 22.6 Å². The molecule has 0 unspecified atom stereocenters. The van der Waals surface area contributed by atoms with Crippen LogP contribution in [0, 0.1) is 0 Å². The lowest BCUT2D eigenvalue weighted by atomic mass is 10.2. The average molecular weight is 324 g/mol. The van der Waals surface area contributed by atoms with Crippen LogP contribution in [0.3, 0.4) is 0 Å². The minimum atomic E-state index is 0.542. The van der Waals surface area contributed by atoms with Crippen LogP contribution >= 0.6 is 11.6 Å². The monoisotopic (exact) mass is 323 g/mol. The maximum atomic E-state index is 6.13. The lowest BCUT2D eigenvalue weighted by molar-refractivity contribution is 0.303. The van der Waals surface area contributed by atoms with Crippen molar-refractivity contribution in [2.45, 2.75) is 13.2 Å². The van der Waals surface area contributed by atoms with Gasteiger partial charge in [0.1, 0.15) is 12.4 Å². The molecule has 0 radical (unpaired) electrons. The minimum Gasteiger partial charge on any atom is -0.489 e. The predicted molar refractivity (Wildman–Crippen MR) is 96.0 cm³/mol. The highest BCUT2D eigenvalue weighted by Crippen LogP contribution is 2.25. The summed E-state index contributed by atoms with van der Waals surface area (Å²) >= 11 is 6.13. The molecule has 0 aliphatic carbocycles. The fourth-order valence-corrected chi connectivity index (χ4v) is 2.51. The number of hydrogen-bond donors (Lipinski definition) is 1. The molecule has 3 aromatic carbocycles. The average Bonchev–Trinajstić information content (AvgIpc) is 2.61. The minimum absolute atomic E-state index is 0.542. The Morgan fingerprint density at radius 1 is 0.826 bits per heavy atom. The van der Waals surface area contributed by atoms with E-state index >= 15 is 0 Å². The van der Waals surface area contributed by atoms with Gasteiger partial charge in [0.25, 0.3) is 0 Å². The smallest absolute Gasteiger partial charge is 0.124 e. The summed E-state index contributed by atoms with van der Waals surface area (Å²) in [6.45, 7) is 1.20. The number of ether oxygens (including phenoxy) is 1. The van der Waals surface area contributed by atoms with E-state index in [0.29, 0.717) is 18.2 Å². The molecule has 0 heterocycles. The Balaban J connectivity index is 1.70. The highest BCUT2D eigenvalue weighted by molar-refractivity contribution is 6.30. The van der Waals surface area contributed by atoms with Crippen LogP contribution in [-0.2, 0) is 13.2 Å². The highest BCUT2D eigenvalue weighted by atomic mass is 35.5. The summed E-state index contributed by atoms with van der Waals surface area (Å²) in [7, 11) is 0. The number of para-hydroxylation sites is 1. The Bertz CT molecular complexity index is 744. The third kappa shape index (κ3) is 4.51. The first-order chi connectivity index (χ1) is 11.3.